The lowest BCUT2D eigenvalue weighted by molar-refractivity contribution is -0.143. The number of hydrogen-bond acceptors (Lipinski definition) is 4. The van der Waals surface area contributed by atoms with Gasteiger partial charge in [0.1, 0.15) is 6.04 Å². The van der Waals surface area contributed by atoms with Crippen molar-refractivity contribution in [2.45, 2.75) is 25.0 Å². The van der Waals surface area contributed by atoms with Crippen LogP contribution in [0.5, 0.6) is 0 Å². The lowest BCUT2D eigenvalue weighted by atomic mass is 9.83. The van der Waals surface area contributed by atoms with Crippen LogP contribution in [-0.4, -0.2) is 33.4 Å². The highest BCUT2D eigenvalue weighted by Crippen LogP contribution is 2.54. The maximum atomic E-state index is 13.9. The molecule has 0 spiro atoms. The summed E-state index contributed by atoms with van der Waals surface area (Å²) < 4.78 is 0. The molecule has 0 N–H and O–H groups in total. The van der Waals surface area contributed by atoms with Crippen molar-refractivity contribution < 1.29 is 14.4 Å². The summed E-state index contributed by atoms with van der Waals surface area (Å²) >= 11 is 0. The third-order valence-corrected chi connectivity index (χ3v) is 7.49. The Hall–Kier alpha value is -3.99. The van der Waals surface area contributed by atoms with Crippen molar-refractivity contribution in [1.82, 2.24) is 9.80 Å². The lowest BCUT2D eigenvalue weighted by Gasteiger charge is -2.36. The van der Waals surface area contributed by atoms with Crippen molar-refractivity contribution in [2.24, 2.45) is 11.8 Å². The molecule has 5 heteroatoms. The van der Waals surface area contributed by atoms with Gasteiger partial charge >= 0.3 is 0 Å². The van der Waals surface area contributed by atoms with Crippen LogP contribution in [0.4, 0.5) is 0 Å². The normalized spacial score (nSPS) is 25.7. The van der Waals surface area contributed by atoms with Gasteiger partial charge in [-0.15, -0.1) is 0 Å². The molecule has 3 aromatic carbocycles. The minimum Gasteiger partial charge on any atom is -0.358 e. The molecule has 3 heterocycles. The van der Waals surface area contributed by atoms with E-state index < -0.39 is 23.9 Å². The van der Waals surface area contributed by atoms with Crippen LogP contribution >= 0.6 is 0 Å². The van der Waals surface area contributed by atoms with Crippen molar-refractivity contribution in [1.29, 1.82) is 0 Å². The van der Waals surface area contributed by atoms with Gasteiger partial charge in [0, 0.05) is 11.8 Å². The van der Waals surface area contributed by atoms with E-state index in [0.717, 1.165) is 16.7 Å². The molecule has 0 saturated carbocycles. The van der Waals surface area contributed by atoms with E-state index >= 15 is 0 Å². The average molecular weight is 449 g/mol. The molecule has 0 aliphatic carbocycles. The van der Waals surface area contributed by atoms with E-state index in [0.29, 0.717) is 5.56 Å². The van der Waals surface area contributed by atoms with Crippen LogP contribution < -0.4 is 0 Å². The predicted octanol–water partition coefficient (Wildman–Crippen LogP) is 4.64. The third-order valence-electron chi connectivity index (χ3n) is 7.49. The summed E-state index contributed by atoms with van der Waals surface area (Å²) in [6.45, 7) is 1.88. The number of fused-ring (bicyclic) bond motifs is 5. The van der Waals surface area contributed by atoms with Crippen LogP contribution in [0.1, 0.15) is 46.1 Å². The highest BCUT2D eigenvalue weighted by molar-refractivity contribution is 6.12. The first-order chi connectivity index (χ1) is 16.6. The number of likely N-dealkylation sites (tertiary alicyclic amines) is 1. The summed E-state index contributed by atoms with van der Waals surface area (Å²) in [5.41, 5.74) is 3.45. The summed E-state index contributed by atoms with van der Waals surface area (Å²) in [6, 6.07) is 25.1. The molecule has 168 valence electrons. The van der Waals surface area contributed by atoms with Gasteiger partial charge in [-0.1, -0.05) is 84.9 Å². The van der Waals surface area contributed by atoms with Crippen molar-refractivity contribution >= 4 is 23.7 Å². The quantitative estimate of drug-likeness (QED) is 0.431. The Labute approximate surface area is 198 Å². The summed E-state index contributed by atoms with van der Waals surface area (Å²) in [7, 11) is 0. The molecule has 3 aromatic rings. The van der Waals surface area contributed by atoms with Gasteiger partial charge in [0.15, 0.2) is 5.78 Å². The second kappa shape index (κ2) is 7.80. The molecular formula is C29H24N2O3. The van der Waals surface area contributed by atoms with Crippen molar-refractivity contribution in [2.75, 3.05) is 0 Å². The maximum Gasteiger partial charge on any atom is 0.236 e. The first-order valence-electron chi connectivity index (χ1n) is 11.6. The van der Waals surface area contributed by atoms with Crippen LogP contribution in [0.15, 0.2) is 91.1 Å². The molecule has 2 amide bonds. The minimum atomic E-state index is -0.730. The van der Waals surface area contributed by atoms with Gasteiger partial charge in [-0.05, 0) is 29.7 Å². The fourth-order valence-corrected chi connectivity index (χ4v) is 5.92. The molecule has 0 aromatic heterocycles. The Kier molecular flexibility index (Phi) is 4.73. The van der Waals surface area contributed by atoms with Crippen LogP contribution in [0.2, 0.25) is 0 Å². The van der Waals surface area contributed by atoms with Gasteiger partial charge in [-0.25, -0.2) is 0 Å². The zero-order chi connectivity index (χ0) is 23.4. The molecule has 34 heavy (non-hydrogen) atoms. The zero-order valence-electron chi connectivity index (χ0n) is 18.7. The van der Waals surface area contributed by atoms with E-state index in [1.807, 2.05) is 96.9 Å². The number of carbonyl (C=O) groups is 3. The average Bonchev–Trinajstić information content (AvgIpc) is 3.36. The van der Waals surface area contributed by atoms with Crippen LogP contribution in [-0.2, 0) is 9.59 Å². The van der Waals surface area contributed by atoms with Crippen molar-refractivity contribution in [3.8, 4) is 0 Å². The maximum absolute atomic E-state index is 13.9. The summed E-state index contributed by atoms with van der Waals surface area (Å²) in [6.07, 6.45) is 3.86. The summed E-state index contributed by atoms with van der Waals surface area (Å²) in [4.78, 5) is 45.0. The molecule has 2 fully saturated rings. The van der Waals surface area contributed by atoms with Gasteiger partial charge in [-0.3, -0.25) is 19.3 Å². The van der Waals surface area contributed by atoms with Gasteiger partial charge in [-0.2, -0.15) is 0 Å². The number of ketones is 1. The van der Waals surface area contributed by atoms with Crippen LogP contribution in [0, 0.1) is 11.8 Å². The SMILES string of the molecule is C[C@H](c1ccccc1)N1C(=O)[C@@H]2[C@H](C1=O)[C@@H]1c3ccccc3C=CN1[C@@H]2C(=O)c1ccccc1. The van der Waals surface area contributed by atoms with E-state index in [4.69, 9.17) is 0 Å². The Morgan fingerprint density at radius 3 is 2.15 bits per heavy atom. The molecule has 3 aliphatic heterocycles. The monoisotopic (exact) mass is 448 g/mol. The molecule has 3 aliphatic rings. The van der Waals surface area contributed by atoms with Gasteiger partial charge < -0.3 is 4.90 Å². The second-order valence-electron chi connectivity index (χ2n) is 9.20. The number of Topliss-reactive ketones (excluding diaryl/α,β-unsaturated/α-hetero) is 1. The number of imide groups is 1. The molecule has 5 nitrogen and oxygen atoms in total. The summed E-state index contributed by atoms with van der Waals surface area (Å²) in [5.74, 6) is -1.93. The number of amides is 2. The highest BCUT2D eigenvalue weighted by atomic mass is 16.2. The molecule has 0 bridgehead atoms. The van der Waals surface area contributed by atoms with E-state index in [9.17, 15) is 14.4 Å². The topological polar surface area (TPSA) is 57.7 Å². The third kappa shape index (κ3) is 2.90. The standard InChI is InChI=1S/C29H24N2O3/c1-18(19-10-4-2-5-11-19)31-28(33)23-24(29(31)34)26(27(32)21-13-6-3-7-14-21)30-17-16-20-12-8-9-15-22(20)25(23)30/h2-18,23-26H,1H3/t18-,23+,24-,25+,26+/m1/s1. The van der Waals surface area contributed by atoms with Crippen LogP contribution in [0.25, 0.3) is 6.08 Å². The minimum absolute atomic E-state index is 0.127. The number of benzene rings is 3. The molecule has 0 unspecified atom stereocenters. The van der Waals surface area contributed by atoms with E-state index in [2.05, 4.69) is 0 Å². The molecule has 6 rings (SSSR count). The smallest absolute Gasteiger partial charge is 0.236 e. The van der Waals surface area contributed by atoms with E-state index in [-0.39, 0.29) is 23.6 Å². The lowest BCUT2D eigenvalue weighted by Crippen LogP contribution is -2.44. The molecule has 0 radical (unpaired) electrons. The zero-order valence-corrected chi connectivity index (χ0v) is 18.7. The Bertz CT molecular complexity index is 1320. The van der Waals surface area contributed by atoms with Crippen molar-refractivity contribution in [3.63, 3.8) is 0 Å². The highest BCUT2D eigenvalue weighted by Gasteiger charge is 2.64. The van der Waals surface area contributed by atoms with Crippen molar-refractivity contribution in [3.05, 3.63) is 113 Å². The van der Waals surface area contributed by atoms with Crippen LogP contribution in [0.3, 0.4) is 0 Å². The first kappa shape index (κ1) is 20.6. The molecule has 5 atom stereocenters. The fraction of sp³-hybridized carbons (Fsp3) is 0.207. The number of carbonyl (C=O) groups excluding carboxylic acids is 3. The van der Waals surface area contributed by atoms with Gasteiger partial charge in [0.2, 0.25) is 11.8 Å². The summed E-state index contributed by atoms with van der Waals surface area (Å²) in [5, 5.41) is 0. The van der Waals surface area contributed by atoms with E-state index in [1.165, 1.54) is 4.90 Å². The Morgan fingerprint density at radius 2 is 1.41 bits per heavy atom. The Balaban J connectivity index is 1.48. The number of nitrogens with zero attached hydrogens (tertiary/aromatic N) is 2. The number of hydrogen-bond donors (Lipinski definition) is 0. The number of rotatable bonds is 4. The Morgan fingerprint density at radius 1 is 0.794 bits per heavy atom. The van der Waals surface area contributed by atoms with Gasteiger partial charge in [0.05, 0.1) is 23.9 Å². The largest absolute Gasteiger partial charge is 0.358 e. The molecule has 2 saturated heterocycles. The fourth-order valence-electron chi connectivity index (χ4n) is 5.92. The van der Waals surface area contributed by atoms with E-state index in [1.54, 1.807) is 12.1 Å². The second-order valence-corrected chi connectivity index (χ2v) is 9.20. The first-order valence-corrected chi connectivity index (χ1v) is 11.6. The molecular weight excluding hydrogens is 424 g/mol. The van der Waals surface area contributed by atoms with Gasteiger partial charge in [0.25, 0.3) is 0 Å². The predicted molar refractivity (Wildman–Crippen MR) is 128 cm³/mol.